The fourth-order valence-corrected chi connectivity index (χ4v) is 2.13. The van der Waals surface area contributed by atoms with Gasteiger partial charge in [-0.1, -0.05) is 6.92 Å². The molecule has 0 radical (unpaired) electrons. The molecule has 1 rings (SSSR count). The molecule has 1 saturated carbocycles. The van der Waals surface area contributed by atoms with Gasteiger partial charge in [0.1, 0.15) is 0 Å². The Kier molecular flexibility index (Phi) is 3.93. The first-order valence-electron chi connectivity index (χ1n) is 5.54. The number of hydrogen-bond acceptors (Lipinski definition) is 2. The third-order valence-electron chi connectivity index (χ3n) is 3.27. The summed E-state index contributed by atoms with van der Waals surface area (Å²) in [6, 6.07) is 0.0593. The quantitative estimate of drug-likeness (QED) is 0.728. The van der Waals surface area contributed by atoms with Gasteiger partial charge in [-0.25, -0.2) is 0 Å². The van der Waals surface area contributed by atoms with Crippen LogP contribution in [0.25, 0.3) is 0 Å². The maximum absolute atomic E-state index is 11.6. The zero-order chi connectivity index (χ0) is 10.7. The number of hydrogen-bond donors (Lipinski definition) is 1. The molecule has 1 fully saturated rings. The van der Waals surface area contributed by atoms with Crippen LogP contribution in [-0.2, 0) is 4.79 Å². The highest BCUT2D eigenvalue weighted by molar-refractivity contribution is 5.81. The molecule has 14 heavy (non-hydrogen) atoms. The minimum Gasteiger partial charge on any atom is -0.341 e. The molecule has 0 aliphatic heterocycles. The summed E-state index contributed by atoms with van der Waals surface area (Å²) < 4.78 is 0. The second kappa shape index (κ2) is 4.78. The topological polar surface area (TPSA) is 46.3 Å². The van der Waals surface area contributed by atoms with E-state index in [9.17, 15) is 4.79 Å². The van der Waals surface area contributed by atoms with Crippen molar-refractivity contribution >= 4 is 5.91 Å². The highest BCUT2D eigenvalue weighted by Gasteiger charge is 2.25. The third-order valence-corrected chi connectivity index (χ3v) is 3.27. The zero-order valence-electron chi connectivity index (χ0n) is 9.49. The van der Waals surface area contributed by atoms with Crippen LogP contribution in [0.15, 0.2) is 0 Å². The van der Waals surface area contributed by atoms with Gasteiger partial charge in [0.25, 0.3) is 0 Å². The molecule has 0 heterocycles. The SMILES string of the molecule is CC1CCC(N(C)C(=O)[C@H](C)N)CC1. The third kappa shape index (κ3) is 2.71. The van der Waals surface area contributed by atoms with Crippen LogP contribution in [-0.4, -0.2) is 29.9 Å². The van der Waals surface area contributed by atoms with Crippen molar-refractivity contribution in [2.75, 3.05) is 7.05 Å². The summed E-state index contributed by atoms with van der Waals surface area (Å²) in [5.41, 5.74) is 5.58. The first-order chi connectivity index (χ1) is 6.52. The smallest absolute Gasteiger partial charge is 0.239 e. The number of nitrogens with zero attached hydrogens (tertiary/aromatic N) is 1. The lowest BCUT2D eigenvalue weighted by molar-refractivity contribution is -0.133. The van der Waals surface area contributed by atoms with Gasteiger partial charge in [0.15, 0.2) is 0 Å². The average Bonchev–Trinajstić information content (AvgIpc) is 2.16. The molecular formula is C11H22N2O. The van der Waals surface area contributed by atoms with Gasteiger partial charge in [-0.3, -0.25) is 4.79 Å². The van der Waals surface area contributed by atoms with E-state index in [1.807, 2.05) is 11.9 Å². The molecule has 1 aliphatic carbocycles. The molecule has 0 aromatic rings. The Morgan fingerprint density at radius 3 is 2.29 bits per heavy atom. The number of carbonyl (C=O) groups excluding carboxylic acids is 1. The van der Waals surface area contributed by atoms with Crippen LogP contribution >= 0.6 is 0 Å². The second-order valence-corrected chi connectivity index (χ2v) is 4.65. The molecular weight excluding hydrogens is 176 g/mol. The summed E-state index contributed by atoms with van der Waals surface area (Å²) in [4.78, 5) is 13.5. The average molecular weight is 198 g/mol. The Bertz CT molecular complexity index is 195. The minimum atomic E-state index is -0.362. The highest BCUT2D eigenvalue weighted by Crippen LogP contribution is 2.26. The van der Waals surface area contributed by atoms with Crippen molar-refractivity contribution in [3.63, 3.8) is 0 Å². The van der Waals surface area contributed by atoms with E-state index < -0.39 is 0 Å². The molecule has 2 N–H and O–H groups in total. The Balaban J connectivity index is 2.45. The fraction of sp³-hybridized carbons (Fsp3) is 0.909. The lowest BCUT2D eigenvalue weighted by Gasteiger charge is -2.34. The van der Waals surface area contributed by atoms with Crippen molar-refractivity contribution in [2.45, 2.75) is 51.6 Å². The molecule has 1 aliphatic rings. The van der Waals surface area contributed by atoms with Crippen molar-refractivity contribution in [1.29, 1.82) is 0 Å². The predicted molar refractivity (Wildman–Crippen MR) is 57.8 cm³/mol. The van der Waals surface area contributed by atoms with E-state index >= 15 is 0 Å². The Morgan fingerprint density at radius 2 is 1.86 bits per heavy atom. The van der Waals surface area contributed by atoms with Gasteiger partial charge in [0.05, 0.1) is 6.04 Å². The van der Waals surface area contributed by atoms with Gasteiger partial charge in [0.2, 0.25) is 5.91 Å². The predicted octanol–water partition coefficient (Wildman–Crippen LogP) is 1.37. The summed E-state index contributed by atoms with van der Waals surface area (Å²) in [6.07, 6.45) is 4.74. The van der Waals surface area contributed by atoms with Gasteiger partial charge in [-0.05, 0) is 38.5 Å². The highest BCUT2D eigenvalue weighted by atomic mass is 16.2. The Hall–Kier alpha value is -0.570. The number of nitrogens with two attached hydrogens (primary N) is 1. The fourth-order valence-electron chi connectivity index (χ4n) is 2.13. The second-order valence-electron chi connectivity index (χ2n) is 4.65. The summed E-state index contributed by atoms with van der Waals surface area (Å²) in [5.74, 6) is 0.898. The summed E-state index contributed by atoms with van der Waals surface area (Å²) in [6.45, 7) is 4.04. The number of rotatable bonds is 2. The van der Waals surface area contributed by atoms with Crippen LogP contribution in [0.3, 0.4) is 0 Å². The van der Waals surface area contributed by atoms with Crippen LogP contribution in [0.5, 0.6) is 0 Å². The van der Waals surface area contributed by atoms with Crippen molar-refractivity contribution in [3.05, 3.63) is 0 Å². The maximum atomic E-state index is 11.6. The molecule has 0 aromatic heterocycles. The lowest BCUT2D eigenvalue weighted by atomic mass is 9.86. The lowest BCUT2D eigenvalue weighted by Crippen LogP contribution is -2.46. The summed E-state index contributed by atoms with van der Waals surface area (Å²) in [5, 5.41) is 0. The van der Waals surface area contributed by atoms with Crippen molar-refractivity contribution < 1.29 is 4.79 Å². The first kappa shape index (κ1) is 11.5. The van der Waals surface area contributed by atoms with Crippen molar-refractivity contribution in [1.82, 2.24) is 4.90 Å². The molecule has 0 aromatic carbocycles. The van der Waals surface area contributed by atoms with Gasteiger partial charge in [-0.15, -0.1) is 0 Å². The van der Waals surface area contributed by atoms with Crippen LogP contribution in [0, 0.1) is 5.92 Å². The van der Waals surface area contributed by atoms with Crippen LogP contribution in [0.2, 0.25) is 0 Å². The van der Waals surface area contributed by atoms with E-state index in [-0.39, 0.29) is 11.9 Å². The molecule has 0 saturated heterocycles. The van der Waals surface area contributed by atoms with Gasteiger partial charge in [-0.2, -0.15) is 0 Å². The largest absolute Gasteiger partial charge is 0.341 e. The normalized spacial score (nSPS) is 29.7. The van der Waals surface area contributed by atoms with E-state index in [0.29, 0.717) is 6.04 Å². The van der Waals surface area contributed by atoms with E-state index in [4.69, 9.17) is 5.73 Å². The number of amides is 1. The van der Waals surface area contributed by atoms with Gasteiger partial charge in [0, 0.05) is 13.1 Å². The van der Waals surface area contributed by atoms with E-state index in [1.165, 1.54) is 12.8 Å². The van der Waals surface area contributed by atoms with Gasteiger partial charge >= 0.3 is 0 Å². The zero-order valence-corrected chi connectivity index (χ0v) is 9.49. The molecule has 82 valence electrons. The number of likely N-dealkylation sites (N-methyl/N-ethyl adjacent to an activating group) is 1. The van der Waals surface area contributed by atoms with Crippen LogP contribution in [0.4, 0.5) is 0 Å². The first-order valence-corrected chi connectivity index (χ1v) is 5.54. The Labute approximate surface area is 86.6 Å². The van der Waals surface area contributed by atoms with E-state index in [0.717, 1.165) is 18.8 Å². The molecule has 3 nitrogen and oxygen atoms in total. The monoisotopic (exact) mass is 198 g/mol. The standard InChI is InChI=1S/C11H22N2O/c1-8-4-6-10(7-5-8)13(3)11(14)9(2)12/h8-10H,4-7,12H2,1-3H3/t8?,9-,10?/m0/s1. The molecule has 1 amide bonds. The molecule has 0 bridgehead atoms. The molecule has 1 atom stereocenters. The number of carbonyl (C=O) groups is 1. The van der Waals surface area contributed by atoms with Crippen molar-refractivity contribution in [2.24, 2.45) is 11.7 Å². The molecule has 0 unspecified atom stereocenters. The summed E-state index contributed by atoms with van der Waals surface area (Å²) in [7, 11) is 1.88. The van der Waals surface area contributed by atoms with E-state index in [1.54, 1.807) is 6.92 Å². The minimum absolute atomic E-state index is 0.0737. The van der Waals surface area contributed by atoms with E-state index in [2.05, 4.69) is 6.92 Å². The van der Waals surface area contributed by atoms with Crippen molar-refractivity contribution in [3.8, 4) is 0 Å². The maximum Gasteiger partial charge on any atom is 0.239 e. The van der Waals surface area contributed by atoms with Crippen LogP contribution < -0.4 is 5.73 Å². The molecule has 3 heteroatoms. The molecule has 0 spiro atoms. The van der Waals surface area contributed by atoms with Crippen LogP contribution in [0.1, 0.15) is 39.5 Å². The van der Waals surface area contributed by atoms with Gasteiger partial charge < -0.3 is 10.6 Å². The Morgan fingerprint density at radius 1 is 1.36 bits per heavy atom. The summed E-state index contributed by atoms with van der Waals surface area (Å²) >= 11 is 0.